The number of aliphatic imine (C=N–C) groups is 1. The van der Waals surface area contributed by atoms with E-state index in [1.165, 1.54) is 16.1 Å². The quantitative estimate of drug-likeness (QED) is 0.328. The highest BCUT2D eigenvalue weighted by molar-refractivity contribution is 14.0. The third kappa shape index (κ3) is 7.13. The van der Waals surface area contributed by atoms with Crippen LogP contribution in [0.15, 0.2) is 46.8 Å². The topological polar surface area (TPSA) is 52.1 Å². The van der Waals surface area contributed by atoms with Crippen LogP contribution in [0.25, 0.3) is 0 Å². The normalized spacial score (nSPS) is 16.0. The lowest BCUT2D eigenvalue weighted by atomic mass is 10.2. The molecule has 29 heavy (non-hydrogen) atoms. The Hall–Kier alpha value is -1.36. The van der Waals surface area contributed by atoms with Crippen molar-refractivity contribution in [3.63, 3.8) is 0 Å². The fourth-order valence-electron chi connectivity index (χ4n) is 3.29. The number of thiophene rings is 1. The first-order valence-corrected chi connectivity index (χ1v) is 10.6. The van der Waals surface area contributed by atoms with Crippen molar-refractivity contribution < 1.29 is 4.74 Å². The maximum atomic E-state index is 5.53. The lowest BCUT2D eigenvalue weighted by Gasteiger charge is -2.34. The van der Waals surface area contributed by atoms with Gasteiger partial charge in [0, 0.05) is 57.9 Å². The minimum Gasteiger partial charge on any atom is -0.379 e. The molecule has 1 saturated heterocycles. The van der Waals surface area contributed by atoms with Crippen LogP contribution in [0, 0.1) is 0 Å². The maximum absolute atomic E-state index is 5.53. The fourth-order valence-corrected chi connectivity index (χ4v) is 4.15. The van der Waals surface area contributed by atoms with E-state index in [2.05, 4.69) is 81.3 Å². The van der Waals surface area contributed by atoms with Gasteiger partial charge in [-0.05, 0) is 29.1 Å². The Morgan fingerprint density at radius 1 is 1.17 bits per heavy atom. The van der Waals surface area contributed by atoms with Crippen LogP contribution < -0.4 is 15.5 Å². The van der Waals surface area contributed by atoms with Crippen LogP contribution in [0.2, 0.25) is 0 Å². The minimum atomic E-state index is 0. The van der Waals surface area contributed by atoms with Crippen molar-refractivity contribution in [2.24, 2.45) is 4.99 Å². The summed E-state index contributed by atoms with van der Waals surface area (Å²) in [6, 6.07) is 13.3. The second-order valence-corrected chi connectivity index (χ2v) is 8.03. The van der Waals surface area contributed by atoms with Gasteiger partial charge in [-0.1, -0.05) is 18.2 Å². The number of halogens is 1. The average molecular weight is 529 g/mol. The molecule has 0 radical (unpaired) electrons. The number of ether oxygens (including phenoxy) is 1. The van der Waals surface area contributed by atoms with Crippen molar-refractivity contribution in [3.05, 3.63) is 52.2 Å². The van der Waals surface area contributed by atoms with Gasteiger partial charge in [0.05, 0.1) is 19.3 Å². The molecule has 1 aromatic heterocycles. The fraction of sp³-hybridized carbons (Fsp3) is 0.476. The maximum Gasteiger partial charge on any atom is 0.191 e. The summed E-state index contributed by atoms with van der Waals surface area (Å²) in [6.45, 7) is 5.10. The third-order valence-corrected chi connectivity index (χ3v) is 5.93. The second kappa shape index (κ2) is 12.4. The number of guanidine groups is 1. The first kappa shape index (κ1) is 23.9. The Morgan fingerprint density at radius 3 is 2.48 bits per heavy atom. The lowest BCUT2D eigenvalue weighted by Crippen LogP contribution is -2.46. The SMILES string of the molecule is CN=C(NCc1ccc(N(C)C)cc1)NCC(c1cccs1)N1CCOCC1.I. The van der Waals surface area contributed by atoms with Gasteiger partial charge in [0.15, 0.2) is 5.96 Å². The minimum absolute atomic E-state index is 0. The van der Waals surface area contributed by atoms with Gasteiger partial charge in [-0.25, -0.2) is 0 Å². The van der Waals surface area contributed by atoms with Crippen LogP contribution >= 0.6 is 35.3 Å². The molecule has 1 aliphatic heterocycles. The highest BCUT2D eigenvalue weighted by atomic mass is 127. The number of hydrogen-bond donors (Lipinski definition) is 2. The van der Waals surface area contributed by atoms with Gasteiger partial charge in [0.2, 0.25) is 0 Å². The van der Waals surface area contributed by atoms with Gasteiger partial charge in [-0.3, -0.25) is 9.89 Å². The molecule has 6 nitrogen and oxygen atoms in total. The van der Waals surface area contributed by atoms with Crippen LogP contribution in [0.1, 0.15) is 16.5 Å². The Kier molecular flexibility index (Phi) is 10.2. The van der Waals surface area contributed by atoms with Crippen LogP contribution in [-0.2, 0) is 11.3 Å². The van der Waals surface area contributed by atoms with E-state index in [1.54, 1.807) is 0 Å². The monoisotopic (exact) mass is 529 g/mol. The molecule has 1 aliphatic rings. The molecule has 0 spiro atoms. The molecular formula is C21H32IN5OS. The number of nitrogens with zero attached hydrogens (tertiary/aromatic N) is 3. The summed E-state index contributed by atoms with van der Waals surface area (Å²) in [5.41, 5.74) is 2.44. The molecule has 1 fully saturated rings. The standard InChI is InChI=1S/C21H31N5OS.HI/c1-22-21(23-15-17-6-8-18(9-7-17)25(2)3)24-16-19(20-5-4-14-28-20)26-10-12-27-13-11-26;/h4-9,14,19H,10-13,15-16H2,1-3H3,(H2,22,23,24);1H. The summed E-state index contributed by atoms with van der Waals surface area (Å²) in [5, 5.41) is 9.08. The van der Waals surface area contributed by atoms with Gasteiger partial charge in [0.25, 0.3) is 0 Å². The van der Waals surface area contributed by atoms with Crippen LogP contribution in [0.4, 0.5) is 5.69 Å². The molecule has 2 heterocycles. The second-order valence-electron chi connectivity index (χ2n) is 7.05. The molecule has 0 saturated carbocycles. The van der Waals surface area contributed by atoms with E-state index in [4.69, 9.17) is 4.74 Å². The van der Waals surface area contributed by atoms with E-state index < -0.39 is 0 Å². The summed E-state index contributed by atoms with van der Waals surface area (Å²) in [4.78, 5) is 10.4. The molecule has 0 amide bonds. The van der Waals surface area contributed by atoms with Gasteiger partial charge in [-0.15, -0.1) is 35.3 Å². The van der Waals surface area contributed by atoms with Crippen molar-refractivity contribution in [2.75, 3.05) is 58.9 Å². The van der Waals surface area contributed by atoms with Gasteiger partial charge < -0.3 is 20.3 Å². The van der Waals surface area contributed by atoms with E-state index in [-0.39, 0.29) is 24.0 Å². The van der Waals surface area contributed by atoms with Crippen LogP contribution in [0.3, 0.4) is 0 Å². The molecule has 2 N–H and O–H groups in total. The summed E-state index contributed by atoms with van der Waals surface area (Å²) >= 11 is 1.81. The lowest BCUT2D eigenvalue weighted by molar-refractivity contribution is 0.0177. The Balaban J connectivity index is 0.00000300. The highest BCUT2D eigenvalue weighted by Crippen LogP contribution is 2.25. The van der Waals surface area contributed by atoms with Gasteiger partial charge in [-0.2, -0.15) is 0 Å². The Morgan fingerprint density at radius 2 is 1.90 bits per heavy atom. The molecule has 3 rings (SSSR count). The molecular weight excluding hydrogens is 497 g/mol. The van der Waals surface area contributed by atoms with Gasteiger partial charge >= 0.3 is 0 Å². The van der Waals surface area contributed by atoms with Crippen molar-refractivity contribution in [3.8, 4) is 0 Å². The van der Waals surface area contributed by atoms with Crippen molar-refractivity contribution in [1.29, 1.82) is 0 Å². The Labute approximate surface area is 195 Å². The summed E-state index contributed by atoms with van der Waals surface area (Å²) in [7, 11) is 5.92. The number of anilines is 1. The smallest absolute Gasteiger partial charge is 0.191 e. The summed E-state index contributed by atoms with van der Waals surface area (Å²) in [5.74, 6) is 0.825. The Bertz CT molecular complexity index is 730. The first-order chi connectivity index (χ1) is 13.7. The van der Waals surface area contributed by atoms with E-state index in [9.17, 15) is 0 Å². The van der Waals surface area contributed by atoms with Gasteiger partial charge in [0.1, 0.15) is 0 Å². The van der Waals surface area contributed by atoms with E-state index in [0.717, 1.165) is 45.4 Å². The third-order valence-electron chi connectivity index (χ3n) is 4.96. The molecule has 8 heteroatoms. The predicted octanol–water partition coefficient (Wildman–Crippen LogP) is 3.17. The average Bonchev–Trinajstić information content (AvgIpc) is 3.26. The number of hydrogen-bond acceptors (Lipinski definition) is 5. The molecule has 160 valence electrons. The molecule has 0 bridgehead atoms. The largest absolute Gasteiger partial charge is 0.379 e. The summed E-state index contributed by atoms with van der Waals surface area (Å²) < 4.78 is 5.53. The number of benzene rings is 1. The van der Waals surface area contributed by atoms with Crippen molar-refractivity contribution >= 4 is 47.0 Å². The first-order valence-electron chi connectivity index (χ1n) is 9.73. The predicted molar refractivity (Wildman–Crippen MR) is 134 cm³/mol. The van der Waals surface area contributed by atoms with E-state index in [0.29, 0.717) is 6.04 Å². The number of nitrogens with one attached hydrogen (secondary N) is 2. The number of morpholine rings is 1. The zero-order valence-corrected chi connectivity index (χ0v) is 20.6. The number of rotatable bonds is 7. The summed E-state index contributed by atoms with van der Waals surface area (Å²) in [6.07, 6.45) is 0. The van der Waals surface area contributed by atoms with Crippen molar-refractivity contribution in [2.45, 2.75) is 12.6 Å². The molecule has 2 aromatic rings. The highest BCUT2D eigenvalue weighted by Gasteiger charge is 2.23. The van der Waals surface area contributed by atoms with E-state index in [1.807, 2.05) is 18.4 Å². The van der Waals surface area contributed by atoms with Crippen LogP contribution in [-0.4, -0.2) is 64.9 Å². The molecule has 1 atom stereocenters. The zero-order valence-electron chi connectivity index (χ0n) is 17.4. The molecule has 0 aliphatic carbocycles. The van der Waals surface area contributed by atoms with Crippen LogP contribution in [0.5, 0.6) is 0 Å². The van der Waals surface area contributed by atoms with Crippen molar-refractivity contribution in [1.82, 2.24) is 15.5 Å². The molecule has 1 unspecified atom stereocenters. The molecule has 1 aromatic carbocycles. The zero-order chi connectivity index (χ0) is 19.8. The van der Waals surface area contributed by atoms with E-state index >= 15 is 0 Å².